The van der Waals surface area contributed by atoms with Gasteiger partial charge in [0.05, 0.1) is 0 Å². The van der Waals surface area contributed by atoms with Gasteiger partial charge in [0.25, 0.3) is 0 Å². The molecule has 0 amide bonds. The molecule has 0 saturated heterocycles. The first kappa shape index (κ1) is 11.0. The molecule has 0 fully saturated rings. The third-order valence-electron chi connectivity index (χ3n) is 2.28. The van der Waals surface area contributed by atoms with Crippen molar-refractivity contribution in [1.82, 2.24) is 0 Å². The van der Waals surface area contributed by atoms with E-state index in [9.17, 15) is 0 Å². The summed E-state index contributed by atoms with van der Waals surface area (Å²) >= 11 is -1.33. The zero-order chi connectivity index (χ0) is 10.7. The van der Waals surface area contributed by atoms with Gasteiger partial charge in [0.1, 0.15) is 0 Å². The molecular weight excluding hydrogens is 402 g/mol. The van der Waals surface area contributed by atoms with Gasteiger partial charge in [0.2, 0.25) is 0 Å². The molecular formula is C12H10O2Ra. The van der Waals surface area contributed by atoms with Crippen molar-refractivity contribution >= 4 is 1.21 Å². The number of rotatable bonds is 2. The molecule has 0 spiro atoms. The maximum absolute atomic E-state index is 9.15. The molecule has 0 atom stereocenters. The molecule has 0 aromatic heterocycles. The van der Waals surface area contributed by atoms with Crippen molar-refractivity contribution in [3.63, 3.8) is 0 Å². The van der Waals surface area contributed by atoms with Crippen molar-refractivity contribution in [3.05, 3.63) is 48.5 Å². The Morgan fingerprint density at radius 3 is 1.27 bits per heavy atom. The Morgan fingerprint density at radius 2 is 0.933 bits per heavy atom. The van der Waals surface area contributed by atoms with Gasteiger partial charge in [0, 0.05) is 0 Å². The molecule has 0 radical (unpaired) electrons. The minimum absolute atomic E-state index is 0.319. The van der Waals surface area contributed by atoms with Gasteiger partial charge >= 0.3 is 112 Å². The predicted molar refractivity (Wildman–Crippen MR) is 55.5 cm³/mol. The first-order chi connectivity index (χ1) is 7.24. The summed E-state index contributed by atoms with van der Waals surface area (Å²) in [6.45, 7) is 0. The Balaban J connectivity index is 2.15. The van der Waals surface area contributed by atoms with Gasteiger partial charge in [-0.1, -0.05) is 0 Å². The van der Waals surface area contributed by atoms with Crippen LogP contribution in [0.5, 0.6) is 11.5 Å². The van der Waals surface area contributed by atoms with Gasteiger partial charge < -0.3 is 0 Å². The molecule has 0 aliphatic rings. The first-order valence-corrected chi connectivity index (χ1v) is 10.6. The molecule has 2 nitrogen and oxygen atoms in total. The quantitative estimate of drug-likeness (QED) is 0.777. The summed E-state index contributed by atoms with van der Waals surface area (Å²) in [6.07, 6.45) is 0. The Kier molecular flexibility index (Phi) is 3.69. The summed E-state index contributed by atoms with van der Waals surface area (Å²) < 4.78 is 2.73. The van der Waals surface area contributed by atoms with Crippen LogP contribution in [-0.4, -0.2) is 10.2 Å². The molecule has 2 aromatic carbocycles. The summed E-state index contributed by atoms with van der Waals surface area (Å²) in [6, 6.07) is 14.9. The van der Waals surface area contributed by atoms with Gasteiger partial charge in [-0.25, -0.2) is 0 Å². The molecule has 3 heteroatoms. The van der Waals surface area contributed by atoms with Crippen LogP contribution in [0.1, 0.15) is 0 Å². The van der Waals surface area contributed by atoms with Crippen LogP contribution in [0.4, 0.5) is 0 Å². The van der Waals surface area contributed by atoms with E-state index in [1.165, 1.54) is 1.21 Å². The van der Waals surface area contributed by atoms with Crippen molar-refractivity contribution in [1.29, 1.82) is 0 Å². The average Bonchev–Trinajstić information content (AvgIpc) is 2.25. The van der Waals surface area contributed by atoms with Crippen LogP contribution in [0.15, 0.2) is 48.5 Å². The summed E-state index contributed by atoms with van der Waals surface area (Å²) in [5.74, 6) is 0.637. The fraction of sp³-hybridized carbons (Fsp3) is 0. The fourth-order valence-corrected chi connectivity index (χ4v) is 7.28. The van der Waals surface area contributed by atoms with Crippen molar-refractivity contribution in [2.24, 2.45) is 0 Å². The normalized spacial score (nSPS) is 9.60. The zero-order valence-electron chi connectivity index (χ0n) is 8.22. The second kappa shape index (κ2) is 5.02. The van der Waals surface area contributed by atoms with Gasteiger partial charge in [-0.2, -0.15) is 0 Å². The maximum atomic E-state index is 9.15. The number of phenols is 2. The van der Waals surface area contributed by atoms with Gasteiger partial charge in [-0.15, -0.1) is 0 Å². The summed E-state index contributed by atoms with van der Waals surface area (Å²) in [5.41, 5.74) is 0. The SMILES string of the molecule is Oc1cc[c]([Ra][c]2ccc(O)cc2)cc1. The number of aromatic hydroxyl groups is 2. The van der Waals surface area contributed by atoms with E-state index in [0.29, 0.717) is 11.5 Å². The van der Waals surface area contributed by atoms with E-state index >= 15 is 0 Å². The number of benzene rings is 2. The van der Waals surface area contributed by atoms with E-state index < -0.39 is 40.6 Å². The monoisotopic (exact) mass is 412 g/mol. The van der Waals surface area contributed by atoms with Crippen LogP contribution in [0.25, 0.3) is 0 Å². The van der Waals surface area contributed by atoms with Crippen LogP contribution in [0, 0.1) is 40.6 Å². The molecule has 0 aliphatic carbocycles. The van der Waals surface area contributed by atoms with Crippen molar-refractivity contribution < 1.29 is 50.8 Å². The van der Waals surface area contributed by atoms with Crippen LogP contribution in [0.3, 0.4) is 0 Å². The average molecular weight is 412 g/mol. The third kappa shape index (κ3) is 3.24. The molecule has 0 saturated carbocycles. The minimum atomic E-state index is -1.33. The third-order valence-corrected chi connectivity index (χ3v) is 9.51. The topological polar surface area (TPSA) is 40.5 Å². The van der Waals surface area contributed by atoms with E-state index in [1.54, 1.807) is 24.3 Å². The van der Waals surface area contributed by atoms with E-state index in [-0.39, 0.29) is 0 Å². The van der Waals surface area contributed by atoms with Crippen LogP contribution >= 0.6 is 0 Å². The van der Waals surface area contributed by atoms with E-state index in [0.717, 1.165) is 0 Å². The van der Waals surface area contributed by atoms with Crippen molar-refractivity contribution in [3.8, 4) is 11.5 Å². The molecule has 2 rings (SSSR count). The second-order valence-electron chi connectivity index (χ2n) is 3.51. The number of hydrogen-bond donors (Lipinski definition) is 2. The van der Waals surface area contributed by atoms with Gasteiger partial charge in [0.15, 0.2) is 0 Å². The van der Waals surface area contributed by atoms with E-state index in [1.807, 2.05) is 24.3 Å². The van der Waals surface area contributed by atoms with Crippen molar-refractivity contribution in [2.45, 2.75) is 0 Å². The number of phenolic OH excluding ortho intramolecular Hbond substituents is 2. The Morgan fingerprint density at radius 1 is 0.600 bits per heavy atom. The summed E-state index contributed by atoms with van der Waals surface area (Å²) in [4.78, 5) is 0. The molecule has 0 unspecified atom stereocenters. The molecule has 2 aromatic rings. The Labute approximate surface area is 111 Å². The zero-order valence-corrected chi connectivity index (χ0v) is 14.0. The molecule has 0 heterocycles. The fourth-order valence-electron chi connectivity index (χ4n) is 1.46. The summed E-state index contributed by atoms with van der Waals surface area (Å²) in [5, 5.41) is 18.3. The van der Waals surface area contributed by atoms with Gasteiger partial charge in [-0.05, 0) is 0 Å². The van der Waals surface area contributed by atoms with Gasteiger partial charge in [-0.3, -0.25) is 0 Å². The Hall–Kier alpha value is -0.492. The second-order valence-corrected chi connectivity index (χ2v) is 11.7. The predicted octanol–water partition coefficient (Wildman–Crippen LogP) is 1.13. The van der Waals surface area contributed by atoms with E-state index in [4.69, 9.17) is 10.2 Å². The first-order valence-electron chi connectivity index (χ1n) is 4.80. The van der Waals surface area contributed by atoms with E-state index in [2.05, 4.69) is 0 Å². The van der Waals surface area contributed by atoms with Crippen LogP contribution in [0.2, 0.25) is 0 Å². The van der Waals surface area contributed by atoms with Crippen LogP contribution < -0.4 is 1.21 Å². The Bertz CT molecular complexity index is 391. The number of hydrogen-bond acceptors (Lipinski definition) is 2. The molecule has 72 valence electrons. The molecule has 15 heavy (non-hydrogen) atoms. The molecule has 0 bridgehead atoms. The van der Waals surface area contributed by atoms with Crippen LogP contribution in [-0.2, 0) is 0 Å². The summed E-state index contributed by atoms with van der Waals surface area (Å²) in [7, 11) is 0. The molecule has 2 N–H and O–H groups in total. The standard InChI is InChI=1S/2C6H5O.Ra/c2*7-6-4-2-1-3-5-6;/h2*2-5,7H;. The van der Waals surface area contributed by atoms with Crippen molar-refractivity contribution in [2.75, 3.05) is 0 Å². The molecule has 0 aliphatic heterocycles.